The van der Waals surface area contributed by atoms with E-state index in [1.807, 2.05) is 61.5 Å². The molecule has 5 nitrogen and oxygen atoms in total. The Morgan fingerprint density at radius 2 is 1.75 bits per heavy atom. The van der Waals surface area contributed by atoms with Gasteiger partial charge in [0.15, 0.2) is 5.13 Å². The molecule has 3 aromatic rings. The fourth-order valence-electron chi connectivity index (χ4n) is 2.97. The predicted molar refractivity (Wildman–Crippen MR) is 117 cm³/mol. The highest BCUT2D eigenvalue weighted by atomic mass is 32.1. The average Bonchev–Trinajstić information content (AvgIpc) is 3.07. The molecule has 0 saturated carbocycles. The molecule has 6 heteroatoms. The van der Waals surface area contributed by atoms with Crippen LogP contribution in [-0.2, 0) is 11.3 Å². The summed E-state index contributed by atoms with van der Waals surface area (Å²) < 4.78 is 0. The lowest BCUT2D eigenvalue weighted by Crippen LogP contribution is -2.30. The highest BCUT2D eigenvalue weighted by Crippen LogP contribution is 2.22. The van der Waals surface area contributed by atoms with Gasteiger partial charge < -0.3 is 10.6 Å². The van der Waals surface area contributed by atoms with Gasteiger partial charge in [-0.3, -0.25) is 9.69 Å². The molecule has 0 aliphatic carbocycles. The van der Waals surface area contributed by atoms with Crippen LogP contribution in [-0.4, -0.2) is 29.4 Å². The Bertz CT molecular complexity index is 929. The van der Waals surface area contributed by atoms with Crippen molar-refractivity contribution in [2.45, 2.75) is 27.3 Å². The quantitative estimate of drug-likeness (QED) is 0.599. The zero-order valence-electron chi connectivity index (χ0n) is 16.7. The lowest BCUT2D eigenvalue weighted by atomic mass is 10.1. The summed E-state index contributed by atoms with van der Waals surface area (Å²) in [4.78, 5) is 19.0. The molecule has 2 aromatic carbocycles. The average molecular weight is 395 g/mol. The molecule has 1 amide bonds. The summed E-state index contributed by atoms with van der Waals surface area (Å²) in [5, 5.41) is 9.23. The van der Waals surface area contributed by atoms with Crippen molar-refractivity contribution in [2.24, 2.45) is 0 Å². The Labute approximate surface area is 170 Å². The van der Waals surface area contributed by atoms with Gasteiger partial charge in [-0.1, -0.05) is 35.9 Å². The van der Waals surface area contributed by atoms with Crippen LogP contribution in [0.3, 0.4) is 0 Å². The first-order valence-corrected chi connectivity index (χ1v) is 10.1. The number of hydrogen-bond donors (Lipinski definition) is 2. The van der Waals surface area contributed by atoms with E-state index >= 15 is 0 Å². The first-order valence-electron chi connectivity index (χ1n) is 9.23. The first kappa shape index (κ1) is 20.0. The highest BCUT2D eigenvalue weighted by Gasteiger charge is 2.12. The van der Waals surface area contributed by atoms with E-state index in [0.717, 1.165) is 33.3 Å². The van der Waals surface area contributed by atoms with Gasteiger partial charge in [0.1, 0.15) is 0 Å². The Morgan fingerprint density at radius 3 is 2.43 bits per heavy atom. The van der Waals surface area contributed by atoms with Gasteiger partial charge in [-0.05, 0) is 51.1 Å². The van der Waals surface area contributed by atoms with Crippen LogP contribution in [0.4, 0.5) is 16.5 Å². The van der Waals surface area contributed by atoms with Gasteiger partial charge in [0.2, 0.25) is 5.91 Å². The van der Waals surface area contributed by atoms with E-state index in [1.54, 1.807) is 11.3 Å². The number of para-hydroxylation sites is 1. The Morgan fingerprint density at radius 1 is 1.07 bits per heavy atom. The second-order valence-electron chi connectivity index (χ2n) is 7.12. The number of aryl methyl sites for hydroxylation is 3. The maximum Gasteiger partial charge on any atom is 0.238 e. The maximum absolute atomic E-state index is 12.4. The third kappa shape index (κ3) is 5.41. The molecule has 0 aliphatic rings. The molecule has 0 radical (unpaired) electrons. The molecule has 0 bridgehead atoms. The van der Waals surface area contributed by atoms with Crippen LogP contribution in [0.2, 0.25) is 0 Å². The smallest absolute Gasteiger partial charge is 0.238 e. The summed E-state index contributed by atoms with van der Waals surface area (Å²) in [6.07, 6.45) is 0. The number of carbonyl (C=O) groups is 1. The van der Waals surface area contributed by atoms with Gasteiger partial charge in [-0.25, -0.2) is 4.98 Å². The number of amides is 1. The number of thiazole rings is 1. The standard InChI is InChI=1S/C22H26N4OS/c1-15-8-10-18(11-9-15)23-22-24-19(14-28-22)12-26(4)13-20(27)25-21-16(2)6-5-7-17(21)3/h5-11,14H,12-13H2,1-4H3,(H,23,24)(H,25,27). The molecule has 0 aliphatic heterocycles. The molecule has 28 heavy (non-hydrogen) atoms. The molecule has 0 unspecified atom stereocenters. The van der Waals surface area contributed by atoms with Crippen LogP contribution in [0, 0.1) is 20.8 Å². The number of nitrogens with zero attached hydrogens (tertiary/aromatic N) is 2. The Balaban J connectivity index is 1.53. The van der Waals surface area contributed by atoms with E-state index in [1.165, 1.54) is 5.56 Å². The summed E-state index contributed by atoms with van der Waals surface area (Å²) in [6.45, 7) is 7.00. The van der Waals surface area contributed by atoms with Gasteiger partial charge in [-0.15, -0.1) is 11.3 Å². The minimum Gasteiger partial charge on any atom is -0.332 e. The molecule has 1 heterocycles. The van der Waals surface area contributed by atoms with Crippen LogP contribution in [0.5, 0.6) is 0 Å². The number of likely N-dealkylation sites (N-methyl/N-ethyl adjacent to an activating group) is 1. The van der Waals surface area contributed by atoms with Gasteiger partial charge in [0.05, 0.1) is 12.2 Å². The van der Waals surface area contributed by atoms with Crippen molar-refractivity contribution in [1.82, 2.24) is 9.88 Å². The minimum atomic E-state index is -0.0202. The van der Waals surface area contributed by atoms with E-state index in [4.69, 9.17) is 0 Å². The number of aromatic nitrogens is 1. The van der Waals surface area contributed by atoms with Crippen LogP contribution >= 0.6 is 11.3 Å². The second kappa shape index (κ2) is 8.99. The molecule has 0 spiro atoms. The SMILES string of the molecule is Cc1ccc(Nc2nc(CN(C)CC(=O)Nc3c(C)cccc3C)cs2)cc1. The molecule has 1 aromatic heterocycles. The topological polar surface area (TPSA) is 57.3 Å². The van der Waals surface area contributed by atoms with Gasteiger partial charge in [-0.2, -0.15) is 0 Å². The fourth-order valence-corrected chi connectivity index (χ4v) is 3.69. The van der Waals surface area contributed by atoms with Crippen LogP contribution < -0.4 is 10.6 Å². The summed E-state index contributed by atoms with van der Waals surface area (Å²) in [5.74, 6) is -0.0202. The molecule has 2 N–H and O–H groups in total. The number of rotatable bonds is 7. The third-order valence-electron chi connectivity index (χ3n) is 4.45. The van der Waals surface area contributed by atoms with Crippen molar-refractivity contribution in [3.8, 4) is 0 Å². The van der Waals surface area contributed by atoms with E-state index in [9.17, 15) is 4.79 Å². The van der Waals surface area contributed by atoms with E-state index in [-0.39, 0.29) is 5.91 Å². The van der Waals surface area contributed by atoms with Crippen molar-refractivity contribution in [3.05, 3.63) is 70.2 Å². The van der Waals surface area contributed by atoms with E-state index in [0.29, 0.717) is 13.1 Å². The van der Waals surface area contributed by atoms with Crippen LogP contribution in [0.1, 0.15) is 22.4 Å². The van der Waals surface area contributed by atoms with Crippen molar-refractivity contribution < 1.29 is 4.79 Å². The number of anilines is 3. The molecule has 3 rings (SSSR count). The molecular formula is C22H26N4OS. The fraction of sp³-hybridized carbons (Fsp3) is 0.273. The number of benzene rings is 2. The molecule has 0 saturated heterocycles. The minimum absolute atomic E-state index is 0.0202. The summed E-state index contributed by atoms with van der Waals surface area (Å²) >= 11 is 1.57. The highest BCUT2D eigenvalue weighted by molar-refractivity contribution is 7.13. The Hall–Kier alpha value is -2.70. The van der Waals surface area contributed by atoms with Crippen LogP contribution in [0.15, 0.2) is 47.8 Å². The summed E-state index contributed by atoms with van der Waals surface area (Å²) in [6, 6.07) is 14.2. The number of nitrogens with one attached hydrogen (secondary N) is 2. The first-order chi connectivity index (χ1) is 13.4. The predicted octanol–water partition coefficient (Wildman–Crippen LogP) is 4.88. The van der Waals surface area contributed by atoms with Crippen molar-refractivity contribution in [1.29, 1.82) is 0 Å². The molecule has 0 atom stereocenters. The molecule has 0 fully saturated rings. The zero-order valence-corrected chi connectivity index (χ0v) is 17.6. The van der Waals surface area contributed by atoms with Crippen LogP contribution in [0.25, 0.3) is 0 Å². The Kier molecular flexibility index (Phi) is 6.44. The van der Waals surface area contributed by atoms with E-state index in [2.05, 4.69) is 34.7 Å². The largest absolute Gasteiger partial charge is 0.332 e. The van der Waals surface area contributed by atoms with Gasteiger partial charge >= 0.3 is 0 Å². The summed E-state index contributed by atoms with van der Waals surface area (Å²) in [7, 11) is 1.93. The van der Waals surface area contributed by atoms with Gasteiger partial charge in [0.25, 0.3) is 0 Å². The lowest BCUT2D eigenvalue weighted by Gasteiger charge is -2.16. The normalized spacial score (nSPS) is 10.9. The van der Waals surface area contributed by atoms with E-state index < -0.39 is 0 Å². The third-order valence-corrected chi connectivity index (χ3v) is 5.25. The zero-order chi connectivity index (χ0) is 20.1. The van der Waals surface area contributed by atoms with Crippen molar-refractivity contribution in [2.75, 3.05) is 24.2 Å². The van der Waals surface area contributed by atoms with Crippen molar-refractivity contribution >= 4 is 33.8 Å². The monoisotopic (exact) mass is 394 g/mol. The molecular weight excluding hydrogens is 368 g/mol. The molecule has 146 valence electrons. The maximum atomic E-state index is 12.4. The number of hydrogen-bond acceptors (Lipinski definition) is 5. The second-order valence-corrected chi connectivity index (χ2v) is 7.98. The van der Waals surface area contributed by atoms with Crippen molar-refractivity contribution in [3.63, 3.8) is 0 Å². The van der Waals surface area contributed by atoms with Gasteiger partial charge in [0, 0.05) is 23.3 Å². The summed E-state index contributed by atoms with van der Waals surface area (Å²) in [5.41, 5.74) is 6.24. The lowest BCUT2D eigenvalue weighted by molar-refractivity contribution is -0.117. The number of carbonyl (C=O) groups excluding carboxylic acids is 1.